The maximum absolute atomic E-state index is 12.5. The molecule has 0 saturated heterocycles. The summed E-state index contributed by atoms with van der Waals surface area (Å²) in [6.07, 6.45) is -1.72. The first-order chi connectivity index (χ1) is 11.3. The lowest BCUT2D eigenvalue weighted by atomic mass is 10.1. The lowest BCUT2D eigenvalue weighted by Gasteiger charge is -2.12. The van der Waals surface area contributed by atoms with Crippen LogP contribution in [0.15, 0.2) is 42.6 Å². The van der Waals surface area contributed by atoms with Crippen LogP contribution in [0, 0.1) is 0 Å². The highest BCUT2D eigenvalue weighted by Crippen LogP contribution is 2.27. The molecule has 2 N–H and O–H groups in total. The zero-order valence-electron chi connectivity index (χ0n) is 12.6. The number of allylic oxidation sites excluding steroid dienone is 1. The number of carbonyl (C=O) groups excluding carboxylic acids is 1. The van der Waals surface area contributed by atoms with Gasteiger partial charge in [0, 0.05) is 16.8 Å². The molecule has 1 amide bonds. The van der Waals surface area contributed by atoms with Crippen LogP contribution in [0.4, 0.5) is 13.2 Å². The minimum atomic E-state index is -4.54. The first-order valence-corrected chi connectivity index (χ1v) is 7.25. The molecule has 0 unspecified atom stereocenters. The molecule has 0 radical (unpaired) electrons. The van der Waals surface area contributed by atoms with Crippen LogP contribution in [0.3, 0.4) is 0 Å². The van der Waals surface area contributed by atoms with Gasteiger partial charge < -0.3 is 0 Å². The molecule has 0 aliphatic heterocycles. The molecule has 9 heteroatoms. The van der Waals surface area contributed by atoms with Gasteiger partial charge in [0.1, 0.15) is 6.54 Å². The van der Waals surface area contributed by atoms with Crippen molar-refractivity contribution in [2.24, 2.45) is 0 Å². The van der Waals surface area contributed by atoms with Crippen LogP contribution in [0.1, 0.15) is 18.2 Å². The maximum atomic E-state index is 12.5. The van der Waals surface area contributed by atoms with Gasteiger partial charge in [-0.2, -0.15) is 18.3 Å². The molecule has 1 heterocycles. The second-order valence-electron chi connectivity index (χ2n) is 4.78. The quantitative estimate of drug-likeness (QED) is 0.807. The molecule has 128 valence electrons. The Bertz CT molecular complexity index is 755. The molecular formula is C15H14ClF3N4O. The minimum Gasteiger partial charge on any atom is -0.298 e. The molecule has 2 rings (SSSR count). The average Bonchev–Trinajstić information content (AvgIpc) is 2.96. The lowest BCUT2D eigenvalue weighted by Crippen LogP contribution is -2.38. The number of aromatic nitrogens is 2. The van der Waals surface area contributed by atoms with Gasteiger partial charge in [-0.05, 0) is 25.1 Å². The SMILES string of the molecule is C/C=C(\NNC(=O)Cn1ccc(C(F)(F)F)n1)c1cccc(Cl)c1. The highest BCUT2D eigenvalue weighted by Gasteiger charge is 2.33. The van der Waals surface area contributed by atoms with Gasteiger partial charge in [-0.1, -0.05) is 29.8 Å². The standard InChI is InChI=1S/C15H14ClF3N4O/c1-2-12(10-4-3-5-11(16)8-10)20-21-14(24)9-23-7-6-13(22-23)15(17,18)19/h2-8,20H,9H2,1H3,(H,21,24)/b12-2-. The summed E-state index contributed by atoms with van der Waals surface area (Å²) in [5.74, 6) is -0.548. The third-order valence-corrected chi connectivity index (χ3v) is 3.23. The number of halogens is 4. The molecule has 0 atom stereocenters. The van der Waals surface area contributed by atoms with Gasteiger partial charge in [-0.25, -0.2) is 0 Å². The summed E-state index contributed by atoms with van der Waals surface area (Å²) in [5.41, 5.74) is 5.42. The molecule has 2 aromatic rings. The van der Waals surface area contributed by atoms with Crippen LogP contribution in [0.25, 0.3) is 5.70 Å². The third kappa shape index (κ3) is 4.76. The monoisotopic (exact) mass is 358 g/mol. The number of amides is 1. The van der Waals surface area contributed by atoms with Gasteiger partial charge >= 0.3 is 6.18 Å². The highest BCUT2D eigenvalue weighted by molar-refractivity contribution is 6.30. The van der Waals surface area contributed by atoms with E-state index in [1.54, 1.807) is 37.3 Å². The van der Waals surface area contributed by atoms with Crippen molar-refractivity contribution < 1.29 is 18.0 Å². The van der Waals surface area contributed by atoms with Crippen molar-refractivity contribution in [1.29, 1.82) is 0 Å². The zero-order chi connectivity index (χ0) is 17.7. The summed E-state index contributed by atoms with van der Waals surface area (Å²) >= 11 is 5.91. The van der Waals surface area contributed by atoms with Crippen LogP contribution in [0.2, 0.25) is 5.02 Å². The number of hydrogen-bond acceptors (Lipinski definition) is 3. The Kier molecular flexibility index (Phi) is 5.50. The number of rotatable bonds is 5. The summed E-state index contributed by atoms with van der Waals surface area (Å²) in [6, 6.07) is 7.78. The largest absolute Gasteiger partial charge is 0.435 e. The lowest BCUT2D eigenvalue weighted by molar-refractivity contribution is -0.141. The summed E-state index contributed by atoms with van der Waals surface area (Å²) in [4.78, 5) is 11.8. The Hall–Kier alpha value is -2.48. The Morgan fingerprint density at radius 1 is 1.33 bits per heavy atom. The Morgan fingerprint density at radius 2 is 2.08 bits per heavy atom. The van der Waals surface area contributed by atoms with Gasteiger partial charge in [-0.15, -0.1) is 0 Å². The fraction of sp³-hybridized carbons (Fsp3) is 0.200. The van der Waals surface area contributed by atoms with E-state index in [1.807, 2.05) is 0 Å². The molecule has 0 aliphatic carbocycles. The summed E-state index contributed by atoms with van der Waals surface area (Å²) < 4.78 is 38.3. The van der Waals surface area contributed by atoms with E-state index in [9.17, 15) is 18.0 Å². The number of alkyl halides is 3. The summed E-state index contributed by atoms with van der Waals surface area (Å²) in [7, 11) is 0. The van der Waals surface area contributed by atoms with Crippen molar-refractivity contribution in [3.63, 3.8) is 0 Å². The molecule has 24 heavy (non-hydrogen) atoms. The maximum Gasteiger partial charge on any atom is 0.435 e. The molecule has 5 nitrogen and oxygen atoms in total. The van der Waals surface area contributed by atoms with Gasteiger partial charge in [0.15, 0.2) is 5.69 Å². The zero-order valence-corrected chi connectivity index (χ0v) is 13.3. The van der Waals surface area contributed by atoms with Gasteiger partial charge in [0.25, 0.3) is 5.91 Å². The topological polar surface area (TPSA) is 58.9 Å². The summed E-state index contributed by atoms with van der Waals surface area (Å²) in [5, 5.41) is 3.85. The number of nitrogens with zero attached hydrogens (tertiary/aromatic N) is 2. The fourth-order valence-electron chi connectivity index (χ4n) is 1.89. The Balaban J connectivity index is 1.94. The first kappa shape index (κ1) is 17.9. The van der Waals surface area contributed by atoms with Crippen molar-refractivity contribution in [3.8, 4) is 0 Å². The molecule has 0 fully saturated rings. The van der Waals surface area contributed by atoms with E-state index in [1.165, 1.54) is 0 Å². The van der Waals surface area contributed by atoms with Gasteiger partial charge in [-0.3, -0.25) is 20.3 Å². The van der Waals surface area contributed by atoms with E-state index in [0.29, 0.717) is 10.7 Å². The molecule has 1 aromatic carbocycles. The predicted molar refractivity (Wildman–Crippen MR) is 83.6 cm³/mol. The van der Waals surface area contributed by atoms with Crippen molar-refractivity contribution in [2.45, 2.75) is 19.6 Å². The predicted octanol–water partition coefficient (Wildman–Crippen LogP) is 3.24. The summed E-state index contributed by atoms with van der Waals surface area (Å²) in [6.45, 7) is 1.41. The molecule has 0 saturated carbocycles. The first-order valence-electron chi connectivity index (χ1n) is 6.87. The number of carbonyl (C=O) groups is 1. The van der Waals surface area contributed by atoms with Gasteiger partial charge in [0.05, 0.1) is 5.70 Å². The van der Waals surface area contributed by atoms with Crippen LogP contribution in [0.5, 0.6) is 0 Å². The average molecular weight is 359 g/mol. The van der Waals surface area contributed by atoms with Crippen molar-refractivity contribution >= 4 is 23.2 Å². The molecule has 0 spiro atoms. The number of hydrogen-bond donors (Lipinski definition) is 2. The molecule has 0 aliphatic rings. The molecular weight excluding hydrogens is 345 g/mol. The normalized spacial score (nSPS) is 12.1. The molecule has 1 aromatic heterocycles. The second kappa shape index (κ2) is 7.39. The Morgan fingerprint density at radius 3 is 2.67 bits per heavy atom. The minimum absolute atomic E-state index is 0.352. The van der Waals surface area contributed by atoms with E-state index in [0.717, 1.165) is 22.5 Å². The van der Waals surface area contributed by atoms with Crippen molar-refractivity contribution in [1.82, 2.24) is 20.6 Å². The highest BCUT2D eigenvalue weighted by atomic mass is 35.5. The van der Waals surface area contributed by atoms with E-state index in [2.05, 4.69) is 16.0 Å². The Labute approximate surface area is 141 Å². The van der Waals surface area contributed by atoms with Crippen LogP contribution in [-0.2, 0) is 17.5 Å². The van der Waals surface area contributed by atoms with Crippen LogP contribution in [-0.4, -0.2) is 15.7 Å². The van der Waals surface area contributed by atoms with Gasteiger partial charge in [0.2, 0.25) is 0 Å². The van der Waals surface area contributed by atoms with E-state index >= 15 is 0 Å². The van der Waals surface area contributed by atoms with E-state index < -0.39 is 17.8 Å². The number of nitrogens with one attached hydrogen (secondary N) is 2. The number of benzene rings is 1. The van der Waals surface area contributed by atoms with E-state index in [-0.39, 0.29) is 6.54 Å². The van der Waals surface area contributed by atoms with Crippen LogP contribution >= 0.6 is 11.6 Å². The third-order valence-electron chi connectivity index (χ3n) is 3.00. The van der Waals surface area contributed by atoms with Crippen LogP contribution < -0.4 is 10.9 Å². The van der Waals surface area contributed by atoms with Crippen molar-refractivity contribution in [3.05, 3.63) is 58.9 Å². The molecule has 0 bridgehead atoms. The van der Waals surface area contributed by atoms with Crippen molar-refractivity contribution in [2.75, 3.05) is 0 Å². The second-order valence-corrected chi connectivity index (χ2v) is 5.22. The smallest absolute Gasteiger partial charge is 0.298 e. The fourth-order valence-corrected chi connectivity index (χ4v) is 2.08. The number of hydrazine groups is 1. The van der Waals surface area contributed by atoms with E-state index in [4.69, 9.17) is 11.6 Å².